The summed E-state index contributed by atoms with van der Waals surface area (Å²) in [6.45, 7) is 0.970. The van der Waals surface area contributed by atoms with Gasteiger partial charge in [-0.05, 0) is 13.0 Å². The summed E-state index contributed by atoms with van der Waals surface area (Å²) in [7, 11) is 0. The lowest BCUT2D eigenvalue weighted by Crippen LogP contribution is -2.40. The molecule has 2 rings (SSSR count). The van der Waals surface area contributed by atoms with Crippen LogP contribution < -0.4 is 5.32 Å². The molecule has 9 heteroatoms. The molecule has 0 radical (unpaired) electrons. The number of nitro benzene ring substituents is 1. The van der Waals surface area contributed by atoms with Crippen LogP contribution in [0.3, 0.4) is 0 Å². The molecular formula is C13H18N2O7. The minimum atomic E-state index is -1.39. The van der Waals surface area contributed by atoms with Crippen molar-refractivity contribution < 1.29 is 30.1 Å². The number of hydrogen-bond acceptors (Lipinski definition) is 8. The third-order valence-electron chi connectivity index (χ3n) is 3.58. The highest BCUT2D eigenvalue weighted by molar-refractivity contribution is 5.55. The van der Waals surface area contributed by atoms with Crippen LogP contribution in [0.2, 0.25) is 0 Å². The molecule has 1 saturated heterocycles. The summed E-state index contributed by atoms with van der Waals surface area (Å²) >= 11 is 0. The van der Waals surface area contributed by atoms with Crippen molar-refractivity contribution in [3.8, 4) is 0 Å². The summed E-state index contributed by atoms with van der Waals surface area (Å²) in [5, 5.41) is 51.7. The van der Waals surface area contributed by atoms with Gasteiger partial charge in [-0.15, -0.1) is 0 Å². The molecule has 0 amide bonds. The van der Waals surface area contributed by atoms with Crippen LogP contribution in [0.5, 0.6) is 0 Å². The molecule has 0 unspecified atom stereocenters. The molecule has 5 N–H and O–H groups in total. The standard InChI is InChI=1S/C13H18N2O7/c1-6-2-3-7(4-8(6)15(20)21)14-13-11(19)10(18)12(22-13)9(17)5-16/h2-4,9-14,16-19H,5H2,1H3/t9-,10+,11-,12+,13-/m1/s1. The van der Waals surface area contributed by atoms with E-state index in [1.54, 1.807) is 13.0 Å². The molecule has 1 heterocycles. The van der Waals surface area contributed by atoms with E-state index in [4.69, 9.17) is 9.84 Å². The van der Waals surface area contributed by atoms with Gasteiger partial charge in [-0.1, -0.05) is 6.07 Å². The van der Waals surface area contributed by atoms with Crippen LogP contribution in [0.1, 0.15) is 5.56 Å². The summed E-state index contributed by atoms with van der Waals surface area (Å²) in [5.41, 5.74) is 0.717. The van der Waals surface area contributed by atoms with E-state index in [0.717, 1.165) is 0 Å². The van der Waals surface area contributed by atoms with Crippen molar-refractivity contribution in [3.05, 3.63) is 33.9 Å². The van der Waals surface area contributed by atoms with Crippen LogP contribution >= 0.6 is 0 Å². The maximum absolute atomic E-state index is 10.9. The molecule has 1 aromatic carbocycles. The fourth-order valence-electron chi connectivity index (χ4n) is 2.31. The molecule has 0 aromatic heterocycles. The second kappa shape index (κ2) is 6.55. The number of hydrogen-bond donors (Lipinski definition) is 5. The Morgan fingerprint density at radius 3 is 2.68 bits per heavy atom. The van der Waals surface area contributed by atoms with Crippen molar-refractivity contribution in [1.82, 2.24) is 0 Å². The first-order valence-corrected chi connectivity index (χ1v) is 6.67. The molecule has 0 spiro atoms. The normalized spacial score (nSPS) is 29.3. The Morgan fingerprint density at radius 1 is 1.41 bits per heavy atom. The number of nitrogens with one attached hydrogen (secondary N) is 1. The summed E-state index contributed by atoms with van der Waals surface area (Å²) in [6.07, 6.45) is -6.31. The molecule has 1 aliphatic heterocycles. The van der Waals surface area contributed by atoms with Crippen LogP contribution in [0.15, 0.2) is 18.2 Å². The number of rotatable bonds is 5. The van der Waals surface area contributed by atoms with Gasteiger partial charge in [0, 0.05) is 17.3 Å². The summed E-state index contributed by atoms with van der Waals surface area (Å²) < 4.78 is 5.28. The number of anilines is 1. The van der Waals surface area contributed by atoms with Crippen molar-refractivity contribution in [1.29, 1.82) is 0 Å². The Hall–Kier alpha value is -1.78. The van der Waals surface area contributed by atoms with Gasteiger partial charge < -0.3 is 30.5 Å². The number of aliphatic hydroxyl groups is 4. The van der Waals surface area contributed by atoms with E-state index >= 15 is 0 Å². The molecule has 0 aliphatic carbocycles. The number of aryl methyl sites for hydroxylation is 1. The first-order valence-electron chi connectivity index (χ1n) is 6.67. The zero-order valence-electron chi connectivity index (χ0n) is 11.8. The SMILES string of the molecule is Cc1ccc(N[C@@H]2O[C@@H]([C@H](O)CO)[C@@H](O)[C@H]2O)cc1[N+](=O)[O-]. The fraction of sp³-hybridized carbons (Fsp3) is 0.538. The van der Waals surface area contributed by atoms with Gasteiger partial charge >= 0.3 is 0 Å². The minimum Gasteiger partial charge on any atom is -0.394 e. The molecule has 0 bridgehead atoms. The van der Waals surface area contributed by atoms with E-state index in [9.17, 15) is 25.4 Å². The van der Waals surface area contributed by atoms with E-state index in [-0.39, 0.29) is 5.69 Å². The van der Waals surface area contributed by atoms with Gasteiger partial charge in [0.25, 0.3) is 5.69 Å². The van der Waals surface area contributed by atoms with Gasteiger partial charge in [-0.3, -0.25) is 10.1 Å². The first-order chi connectivity index (χ1) is 10.3. The quantitative estimate of drug-likeness (QED) is 0.348. The lowest BCUT2D eigenvalue weighted by molar-refractivity contribution is -0.385. The molecule has 5 atom stereocenters. The molecule has 9 nitrogen and oxygen atoms in total. The van der Waals surface area contributed by atoms with Gasteiger partial charge in [0.1, 0.15) is 24.4 Å². The second-order valence-corrected chi connectivity index (χ2v) is 5.16. The van der Waals surface area contributed by atoms with Gasteiger partial charge in [-0.25, -0.2) is 0 Å². The Labute approximate surface area is 125 Å². The highest BCUT2D eigenvalue weighted by Gasteiger charge is 2.45. The van der Waals surface area contributed by atoms with Crippen molar-refractivity contribution in [2.75, 3.05) is 11.9 Å². The van der Waals surface area contributed by atoms with Crippen molar-refractivity contribution in [3.63, 3.8) is 0 Å². The maximum Gasteiger partial charge on any atom is 0.274 e. The zero-order valence-corrected chi connectivity index (χ0v) is 11.8. The van der Waals surface area contributed by atoms with Crippen LogP contribution in [0.4, 0.5) is 11.4 Å². The van der Waals surface area contributed by atoms with Crippen molar-refractivity contribution in [2.24, 2.45) is 0 Å². The third-order valence-corrected chi connectivity index (χ3v) is 3.58. The van der Waals surface area contributed by atoms with E-state index in [1.807, 2.05) is 0 Å². The van der Waals surface area contributed by atoms with E-state index < -0.39 is 42.2 Å². The number of benzene rings is 1. The van der Waals surface area contributed by atoms with Gasteiger partial charge in [0.15, 0.2) is 6.23 Å². The average molecular weight is 314 g/mol. The fourth-order valence-corrected chi connectivity index (χ4v) is 2.31. The lowest BCUT2D eigenvalue weighted by Gasteiger charge is -2.19. The molecule has 1 fully saturated rings. The zero-order chi connectivity index (χ0) is 16.4. The lowest BCUT2D eigenvalue weighted by atomic mass is 10.1. The Bertz CT molecular complexity index is 553. The summed E-state index contributed by atoms with van der Waals surface area (Å²) in [5.74, 6) is 0. The average Bonchev–Trinajstić information content (AvgIpc) is 2.76. The van der Waals surface area contributed by atoms with E-state index in [2.05, 4.69) is 5.32 Å². The van der Waals surface area contributed by atoms with Gasteiger partial charge in [0.2, 0.25) is 0 Å². The Kier molecular flexibility index (Phi) is 4.94. The smallest absolute Gasteiger partial charge is 0.274 e. The van der Waals surface area contributed by atoms with Gasteiger partial charge in [0.05, 0.1) is 11.5 Å². The predicted molar refractivity (Wildman–Crippen MR) is 75.2 cm³/mol. The van der Waals surface area contributed by atoms with E-state index in [1.165, 1.54) is 12.1 Å². The number of ether oxygens (including phenoxy) is 1. The minimum absolute atomic E-state index is 0.0926. The van der Waals surface area contributed by atoms with E-state index in [0.29, 0.717) is 11.3 Å². The molecule has 22 heavy (non-hydrogen) atoms. The topological polar surface area (TPSA) is 145 Å². The maximum atomic E-state index is 10.9. The van der Waals surface area contributed by atoms with Crippen molar-refractivity contribution >= 4 is 11.4 Å². The second-order valence-electron chi connectivity index (χ2n) is 5.16. The molecule has 0 saturated carbocycles. The molecule has 1 aliphatic rings. The predicted octanol–water partition coefficient (Wildman–Crippen LogP) is -0.885. The summed E-state index contributed by atoms with van der Waals surface area (Å²) in [6, 6.07) is 4.40. The number of nitro groups is 1. The van der Waals surface area contributed by atoms with Gasteiger partial charge in [-0.2, -0.15) is 0 Å². The molecule has 1 aromatic rings. The first kappa shape index (κ1) is 16.6. The third kappa shape index (κ3) is 3.18. The molecule has 122 valence electrons. The Balaban J connectivity index is 2.14. The highest BCUT2D eigenvalue weighted by atomic mass is 16.6. The number of aliphatic hydroxyl groups excluding tert-OH is 4. The summed E-state index contributed by atoms with van der Waals surface area (Å²) in [4.78, 5) is 10.4. The number of nitrogens with zero attached hydrogens (tertiary/aromatic N) is 1. The van der Waals surface area contributed by atoms with Crippen LogP contribution in [-0.4, -0.2) is 62.6 Å². The largest absolute Gasteiger partial charge is 0.394 e. The highest BCUT2D eigenvalue weighted by Crippen LogP contribution is 2.28. The monoisotopic (exact) mass is 314 g/mol. The van der Waals surface area contributed by atoms with Crippen LogP contribution in [0.25, 0.3) is 0 Å². The van der Waals surface area contributed by atoms with Crippen molar-refractivity contribution in [2.45, 2.75) is 37.6 Å². The van der Waals surface area contributed by atoms with Crippen LogP contribution in [0, 0.1) is 17.0 Å². The molecular weight excluding hydrogens is 296 g/mol. The Morgan fingerprint density at radius 2 is 2.09 bits per heavy atom. The van der Waals surface area contributed by atoms with Crippen LogP contribution in [-0.2, 0) is 4.74 Å².